The maximum atomic E-state index is 12.0. The van der Waals surface area contributed by atoms with Gasteiger partial charge in [0.15, 0.2) is 5.76 Å². The van der Waals surface area contributed by atoms with Gasteiger partial charge in [-0.15, -0.1) is 0 Å². The molecule has 7 nitrogen and oxygen atoms in total. The summed E-state index contributed by atoms with van der Waals surface area (Å²) < 4.78 is 4.91. The van der Waals surface area contributed by atoms with Gasteiger partial charge in [0.25, 0.3) is 5.91 Å². The SMILES string of the molecule is CCNC(=O)CN(CC)C(=O)c1ccc(C(=O)O)o1. The first-order valence-electron chi connectivity index (χ1n) is 5.88. The predicted octanol–water partition coefficient (Wildman–Crippen LogP) is 0.576. The van der Waals surface area contributed by atoms with Crippen LogP contribution in [-0.2, 0) is 4.79 Å². The molecule has 0 radical (unpaired) electrons. The highest BCUT2D eigenvalue weighted by Crippen LogP contribution is 2.10. The van der Waals surface area contributed by atoms with Gasteiger partial charge in [0.2, 0.25) is 11.7 Å². The minimum atomic E-state index is -1.24. The van der Waals surface area contributed by atoms with Crippen LogP contribution in [0.25, 0.3) is 0 Å². The maximum Gasteiger partial charge on any atom is 0.371 e. The van der Waals surface area contributed by atoms with Gasteiger partial charge in [0.1, 0.15) is 0 Å². The number of carbonyl (C=O) groups excluding carboxylic acids is 2. The molecule has 104 valence electrons. The number of hydrogen-bond acceptors (Lipinski definition) is 4. The van der Waals surface area contributed by atoms with Crippen molar-refractivity contribution in [1.29, 1.82) is 0 Å². The van der Waals surface area contributed by atoms with E-state index in [9.17, 15) is 14.4 Å². The van der Waals surface area contributed by atoms with E-state index in [0.717, 1.165) is 0 Å². The molecule has 1 heterocycles. The van der Waals surface area contributed by atoms with Crippen LogP contribution in [0.4, 0.5) is 0 Å². The molecule has 0 saturated carbocycles. The molecule has 2 amide bonds. The Morgan fingerprint density at radius 1 is 1.26 bits per heavy atom. The van der Waals surface area contributed by atoms with Gasteiger partial charge in [-0.05, 0) is 26.0 Å². The molecular formula is C12H16N2O5. The topological polar surface area (TPSA) is 99.9 Å². The Hall–Kier alpha value is -2.31. The Morgan fingerprint density at radius 3 is 2.37 bits per heavy atom. The Kier molecular flexibility index (Phi) is 5.11. The summed E-state index contributed by atoms with van der Waals surface area (Å²) in [5.41, 5.74) is 0. The molecule has 0 aliphatic heterocycles. The maximum absolute atomic E-state index is 12.0. The van der Waals surface area contributed by atoms with Crippen LogP contribution in [0, 0.1) is 0 Å². The highest BCUT2D eigenvalue weighted by molar-refractivity contribution is 5.95. The number of aromatic carboxylic acids is 1. The summed E-state index contributed by atoms with van der Waals surface area (Å²) >= 11 is 0. The molecule has 0 aliphatic carbocycles. The van der Waals surface area contributed by atoms with E-state index in [1.54, 1.807) is 13.8 Å². The smallest absolute Gasteiger partial charge is 0.371 e. The number of hydrogen-bond donors (Lipinski definition) is 2. The number of carboxylic acids is 1. The van der Waals surface area contributed by atoms with Crippen molar-refractivity contribution in [3.05, 3.63) is 23.7 Å². The lowest BCUT2D eigenvalue weighted by molar-refractivity contribution is -0.121. The molecule has 7 heteroatoms. The van der Waals surface area contributed by atoms with E-state index in [4.69, 9.17) is 9.52 Å². The van der Waals surface area contributed by atoms with Crippen LogP contribution in [0.3, 0.4) is 0 Å². The number of carboxylic acid groups (broad SMARTS) is 1. The summed E-state index contributed by atoms with van der Waals surface area (Å²) in [6.45, 7) is 4.21. The molecule has 0 unspecified atom stereocenters. The molecule has 0 aromatic carbocycles. The lowest BCUT2D eigenvalue weighted by Gasteiger charge is -2.18. The van der Waals surface area contributed by atoms with Crippen LogP contribution in [0.15, 0.2) is 16.5 Å². The highest BCUT2D eigenvalue weighted by atomic mass is 16.4. The number of nitrogens with zero attached hydrogens (tertiary/aromatic N) is 1. The molecular weight excluding hydrogens is 252 g/mol. The lowest BCUT2D eigenvalue weighted by Crippen LogP contribution is -2.40. The van der Waals surface area contributed by atoms with Crippen LogP contribution in [0.5, 0.6) is 0 Å². The number of rotatable bonds is 6. The van der Waals surface area contributed by atoms with Crippen LogP contribution in [0.1, 0.15) is 35.0 Å². The Bertz CT molecular complexity index is 480. The fourth-order valence-corrected chi connectivity index (χ4v) is 1.48. The molecule has 1 aromatic rings. The van der Waals surface area contributed by atoms with Crippen molar-refractivity contribution < 1.29 is 23.9 Å². The van der Waals surface area contributed by atoms with Crippen molar-refractivity contribution in [2.45, 2.75) is 13.8 Å². The predicted molar refractivity (Wildman–Crippen MR) is 65.9 cm³/mol. The van der Waals surface area contributed by atoms with Crippen LogP contribution in [-0.4, -0.2) is 47.4 Å². The average molecular weight is 268 g/mol. The Balaban J connectivity index is 2.77. The summed E-state index contributed by atoms with van der Waals surface area (Å²) in [7, 11) is 0. The van der Waals surface area contributed by atoms with E-state index in [1.165, 1.54) is 17.0 Å². The summed E-state index contributed by atoms with van der Waals surface area (Å²) in [5.74, 6) is -2.43. The number of amides is 2. The third-order valence-electron chi connectivity index (χ3n) is 2.40. The van der Waals surface area contributed by atoms with Gasteiger partial charge in [-0.3, -0.25) is 9.59 Å². The molecule has 0 aliphatic rings. The number of furan rings is 1. The summed E-state index contributed by atoms with van der Waals surface area (Å²) in [6, 6.07) is 2.49. The first-order valence-corrected chi connectivity index (χ1v) is 5.88. The Morgan fingerprint density at radius 2 is 1.89 bits per heavy atom. The first-order chi connectivity index (χ1) is 8.99. The second kappa shape index (κ2) is 6.58. The second-order valence-corrected chi connectivity index (χ2v) is 3.74. The van der Waals surface area contributed by atoms with Crippen LogP contribution in [0.2, 0.25) is 0 Å². The minimum Gasteiger partial charge on any atom is -0.475 e. The highest BCUT2D eigenvalue weighted by Gasteiger charge is 2.21. The van der Waals surface area contributed by atoms with Crippen molar-refractivity contribution >= 4 is 17.8 Å². The number of nitrogens with one attached hydrogen (secondary N) is 1. The molecule has 0 bridgehead atoms. The Labute approximate surface area is 110 Å². The van der Waals surface area contributed by atoms with Crippen LogP contribution < -0.4 is 5.32 Å². The van der Waals surface area contributed by atoms with Gasteiger partial charge in [0.05, 0.1) is 6.54 Å². The molecule has 1 aromatic heterocycles. The van der Waals surface area contributed by atoms with E-state index >= 15 is 0 Å². The third-order valence-corrected chi connectivity index (χ3v) is 2.40. The van der Waals surface area contributed by atoms with Gasteiger partial charge < -0.3 is 19.7 Å². The van der Waals surface area contributed by atoms with E-state index in [2.05, 4.69) is 5.32 Å². The standard InChI is InChI=1S/C12H16N2O5/c1-3-13-10(15)7-14(4-2)11(16)8-5-6-9(19-8)12(17)18/h5-6H,3-4,7H2,1-2H3,(H,13,15)(H,17,18). The van der Waals surface area contributed by atoms with Gasteiger partial charge in [-0.2, -0.15) is 0 Å². The average Bonchev–Trinajstić information content (AvgIpc) is 2.85. The molecule has 19 heavy (non-hydrogen) atoms. The zero-order valence-corrected chi connectivity index (χ0v) is 10.8. The van der Waals surface area contributed by atoms with E-state index in [0.29, 0.717) is 13.1 Å². The van der Waals surface area contributed by atoms with Crippen molar-refractivity contribution in [1.82, 2.24) is 10.2 Å². The van der Waals surface area contributed by atoms with Gasteiger partial charge in [-0.25, -0.2) is 4.79 Å². The van der Waals surface area contributed by atoms with Crippen LogP contribution >= 0.6 is 0 Å². The monoisotopic (exact) mass is 268 g/mol. The molecule has 2 N–H and O–H groups in total. The molecule has 1 rings (SSSR count). The van der Waals surface area contributed by atoms with Crippen molar-refractivity contribution in [2.75, 3.05) is 19.6 Å². The van der Waals surface area contributed by atoms with Crippen molar-refractivity contribution in [2.24, 2.45) is 0 Å². The fourth-order valence-electron chi connectivity index (χ4n) is 1.48. The second-order valence-electron chi connectivity index (χ2n) is 3.74. The first kappa shape index (κ1) is 14.7. The zero-order chi connectivity index (χ0) is 14.4. The van der Waals surface area contributed by atoms with E-state index in [1.807, 2.05) is 0 Å². The quantitative estimate of drug-likeness (QED) is 0.786. The molecule has 0 fully saturated rings. The fraction of sp³-hybridized carbons (Fsp3) is 0.417. The lowest BCUT2D eigenvalue weighted by atomic mass is 10.3. The van der Waals surface area contributed by atoms with Crippen molar-refractivity contribution in [3.63, 3.8) is 0 Å². The molecule has 0 spiro atoms. The van der Waals surface area contributed by atoms with E-state index in [-0.39, 0.29) is 24.0 Å². The minimum absolute atomic E-state index is 0.0910. The van der Waals surface area contributed by atoms with Gasteiger partial charge >= 0.3 is 5.97 Å². The summed E-state index contributed by atoms with van der Waals surface area (Å²) in [4.78, 5) is 35.4. The largest absolute Gasteiger partial charge is 0.475 e. The van der Waals surface area contributed by atoms with E-state index < -0.39 is 11.9 Å². The summed E-state index contributed by atoms with van der Waals surface area (Å²) in [6.07, 6.45) is 0. The number of carbonyl (C=O) groups is 3. The molecule has 0 saturated heterocycles. The third kappa shape index (κ3) is 3.84. The zero-order valence-electron chi connectivity index (χ0n) is 10.8. The van der Waals surface area contributed by atoms with Gasteiger partial charge in [-0.1, -0.05) is 0 Å². The van der Waals surface area contributed by atoms with Crippen molar-refractivity contribution in [3.8, 4) is 0 Å². The van der Waals surface area contributed by atoms with Gasteiger partial charge in [0, 0.05) is 13.1 Å². The molecule has 0 atom stereocenters. The number of likely N-dealkylation sites (N-methyl/N-ethyl adjacent to an activating group) is 2. The normalized spacial score (nSPS) is 10.0. The summed E-state index contributed by atoms with van der Waals surface area (Å²) in [5, 5.41) is 11.3.